The third-order valence-electron chi connectivity index (χ3n) is 3.84. The average Bonchev–Trinajstić information content (AvgIpc) is 2.71. The normalized spacial score (nSPS) is 12.2. The maximum atomic E-state index is 12.1. The van der Waals surface area contributed by atoms with Gasteiger partial charge in [0.2, 0.25) is 5.91 Å². The van der Waals surface area contributed by atoms with Gasteiger partial charge >= 0.3 is 0 Å². The van der Waals surface area contributed by atoms with Crippen molar-refractivity contribution in [3.8, 4) is 0 Å². The molecule has 21 heavy (non-hydrogen) atoms. The van der Waals surface area contributed by atoms with Crippen LogP contribution in [-0.2, 0) is 18.3 Å². The number of carbonyl (C=O) groups is 1. The second kappa shape index (κ2) is 6.52. The van der Waals surface area contributed by atoms with E-state index in [2.05, 4.69) is 15.4 Å². The summed E-state index contributed by atoms with van der Waals surface area (Å²) < 4.78 is 1.86. The number of aryl methyl sites for hydroxylation is 2. The molecule has 1 atom stereocenters. The highest BCUT2D eigenvalue weighted by Crippen LogP contribution is 2.15. The van der Waals surface area contributed by atoms with E-state index in [1.54, 1.807) is 12.4 Å². The molecule has 1 amide bonds. The predicted octanol–water partition coefficient (Wildman–Crippen LogP) is 2.24. The number of aromatic nitrogens is 3. The lowest BCUT2D eigenvalue weighted by Gasteiger charge is -2.14. The molecule has 0 aliphatic heterocycles. The molecule has 1 N–H and O–H groups in total. The molecular weight excluding hydrogens is 264 g/mol. The quantitative estimate of drug-likeness (QED) is 0.917. The van der Waals surface area contributed by atoms with Crippen LogP contribution in [0.4, 0.5) is 0 Å². The van der Waals surface area contributed by atoms with Gasteiger partial charge in [0.15, 0.2) is 0 Å². The topological polar surface area (TPSA) is 59.8 Å². The van der Waals surface area contributed by atoms with Crippen LogP contribution in [0.1, 0.15) is 41.9 Å². The molecule has 0 saturated heterocycles. The highest BCUT2D eigenvalue weighted by molar-refractivity contribution is 5.76. The molecule has 0 aliphatic carbocycles. The van der Waals surface area contributed by atoms with Crippen molar-refractivity contribution in [3.05, 3.63) is 47.0 Å². The Bertz CT molecular complexity index is 619. The maximum Gasteiger partial charge on any atom is 0.220 e. The maximum absolute atomic E-state index is 12.1. The minimum absolute atomic E-state index is 0.00316. The van der Waals surface area contributed by atoms with E-state index in [1.165, 1.54) is 5.56 Å². The molecule has 0 bridgehead atoms. The molecule has 0 fully saturated rings. The van der Waals surface area contributed by atoms with Crippen LogP contribution in [0.5, 0.6) is 0 Å². The van der Waals surface area contributed by atoms with Gasteiger partial charge in [0.25, 0.3) is 0 Å². The van der Waals surface area contributed by atoms with Crippen LogP contribution in [-0.4, -0.2) is 20.7 Å². The van der Waals surface area contributed by atoms with Crippen molar-refractivity contribution in [3.63, 3.8) is 0 Å². The molecule has 1 unspecified atom stereocenters. The van der Waals surface area contributed by atoms with Gasteiger partial charge < -0.3 is 5.32 Å². The van der Waals surface area contributed by atoms with E-state index >= 15 is 0 Å². The molecule has 0 aliphatic rings. The SMILES string of the molecule is Cc1nn(C)c(C)c1CCC(=O)NC(C)c1ccncc1. The van der Waals surface area contributed by atoms with Crippen molar-refractivity contribution in [2.24, 2.45) is 7.05 Å². The van der Waals surface area contributed by atoms with Crippen LogP contribution in [0, 0.1) is 13.8 Å². The van der Waals surface area contributed by atoms with Crippen molar-refractivity contribution < 1.29 is 4.79 Å². The number of hydrogen-bond donors (Lipinski definition) is 1. The summed E-state index contributed by atoms with van der Waals surface area (Å²) in [5.74, 6) is 0.0574. The Morgan fingerprint density at radius 1 is 1.33 bits per heavy atom. The van der Waals surface area contributed by atoms with E-state index in [-0.39, 0.29) is 11.9 Å². The summed E-state index contributed by atoms with van der Waals surface area (Å²) in [4.78, 5) is 16.1. The van der Waals surface area contributed by atoms with Gasteiger partial charge in [-0.25, -0.2) is 0 Å². The molecule has 2 heterocycles. The smallest absolute Gasteiger partial charge is 0.220 e. The molecule has 2 aromatic heterocycles. The molecule has 5 nitrogen and oxygen atoms in total. The number of carbonyl (C=O) groups excluding carboxylic acids is 1. The van der Waals surface area contributed by atoms with E-state index in [0.29, 0.717) is 6.42 Å². The third-order valence-corrected chi connectivity index (χ3v) is 3.84. The zero-order chi connectivity index (χ0) is 15.4. The number of amides is 1. The van der Waals surface area contributed by atoms with Crippen LogP contribution < -0.4 is 5.32 Å². The zero-order valence-corrected chi connectivity index (χ0v) is 13.1. The molecule has 0 saturated carbocycles. The van der Waals surface area contributed by atoms with Gasteiger partial charge in [0.1, 0.15) is 0 Å². The largest absolute Gasteiger partial charge is 0.350 e. The highest BCUT2D eigenvalue weighted by atomic mass is 16.1. The molecule has 2 rings (SSSR count). The van der Waals surface area contributed by atoms with Crippen molar-refractivity contribution in [1.29, 1.82) is 0 Å². The monoisotopic (exact) mass is 286 g/mol. The second-order valence-electron chi connectivity index (χ2n) is 5.34. The number of nitrogens with one attached hydrogen (secondary N) is 1. The summed E-state index contributed by atoms with van der Waals surface area (Å²) >= 11 is 0. The standard InChI is InChI=1S/C16H22N4O/c1-11(14-7-9-17-10-8-14)18-16(21)6-5-15-12(2)19-20(4)13(15)3/h7-11H,5-6H2,1-4H3,(H,18,21). The van der Waals surface area contributed by atoms with Gasteiger partial charge in [-0.1, -0.05) is 0 Å². The fourth-order valence-electron chi connectivity index (χ4n) is 2.47. The number of pyridine rings is 1. The van der Waals surface area contributed by atoms with Crippen LogP contribution in [0.3, 0.4) is 0 Å². The molecule has 112 valence electrons. The molecule has 0 spiro atoms. The number of rotatable bonds is 5. The minimum atomic E-state index is -0.00316. The van der Waals surface area contributed by atoms with Crippen molar-refractivity contribution in [2.75, 3.05) is 0 Å². The summed E-state index contributed by atoms with van der Waals surface area (Å²) in [5.41, 5.74) is 4.36. The lowest BCUT2D eigenvalue weighted by atomic mass is 10.1. The molecule has 2 aromatic rings. The first-order valence-electron chi connectivity index (χ1n) is 7.17. The lowest BCUT2D eigenvalue weighted by molar-refractivity contribution is -0.121. The van der Waals surface area contributed by atoms with Gasteiger partial charge in [-0.2, -0.15) is 5.10 Å². The Morgan fingerprint density at radius 2 is 2.00 bits per heavy atom. The predicted molar refractivity (Wildman–Crippen MR) is 81.8 cm³/mol. The molecule has 5 heteroatoms. The van der Waals surface area contributed by atoms with Crippen molar-refractivity contribution >= 4 is 5.91 Å². The van der Waals surface area contributed by atoms with Gasteiger partial charge in [-0.3, -0.25) is 14.5 Å². The average molecular weight is 286 g/mol. The van der Waals surface area contributed by atoms with Crippen LogP contribution >= 0.6 is 0 Å². The number of nitrogens with zero attached hydrogens (tertiary/aromatic N) is 3. The Labute approximate surface area is 125 Å². The highest BCUT2D eigenvalue weighted by Gasteiger charge is 2.13. The van der Waals surface area contributed by atoms with E-state index < -0.39 is 0 Å². The van der Waals surface area contributed by atoms with Crippen LogP contribution in [0.15, 0.2) is 24.5 Å². The van der Waals surface area contributed by atoms with Crippen molar-refractivity contribution in [1.82, 2.24) is 20.1 Å². The fourth-order valence-corrected chi connectivity index (χ4v) is 2.47. The van der Waals surface area contributed by atoms with Crippen LogP contribution in [0.25, 0.3) is 0 Å². The number of hydrogen-bond acceptors (Lipinski definition) is 3. The van der Waals surface area contributed by atoms with E-state index in [9.17, 15) is 4.79 Å². The Balaban J connectivity index is 1.91. The zero-order valence-electron chi connectivity index (χ0n) is 13.1. The van der Waals surface area contributed by atoms with Gasteiger partial charge in [0, 0.05) is 31.6 Å². The van der Waals surface area contributed by atoms with Crippen LogP contribution in [0.2, 0.25) is 0 Å². The minimum Gasteiger partial charge on any atom is -0.350 e. The summed E-state index contributed by atoms with van der Waals surface area (Å²) in [6.07, 6.45) is 4.67. The molecular formula is C16H22N4O. The Morgan fingerprint density at radius 3 is 2.57 bits per heavy atom. The molecule has 0 radical (unpaired) electrons. The van der Waals surface area contributed by atoms with E-state index in [4.69, 9.17) is 0 Å². The lowest BCUT2D eigenvalue weighted by Crippen LogP contribution is -2.26. The van der Waals surface area contributed by atoms with E-state index in [0.717, 1.165) is 23.4 Å². The summed E-state index contributed by atoms with van der Waals surface area (Å²) in [6.45, 7) is 6.00. The van der Waals surface area contributed by atoms with Gasteiger partial charge in [0.05, 0.1) is 11.7 Å². The Kier molecular flexibility index (Phi) is 4.73. The van der Waals surface area contributed by atoms with Gasteiger partial charge in [-0.15, -0.1) is 0 Å². The van der Waals surface area contributed by atoms with Gasteiger partial charge in [-0.05, 0) is 50.5 Å². The van der Waals surface area contributed by atoms with Crippen molar-refractivity contribution in [2.45, 2.75) is 39.7 Å². The first-order valence-corrected chi connectivity index (χ1v) is 7.17. The first-order chi connectivity index (χ1) is 9.99. The molecule has 0 aromatic carbocycles. The summed E-state index contributed by atoms with van der Waals surface area (Å²) in [7, 11) is 1.93. The Hall–Kier alpha value is -2.17. The first kappa shape index (κ1) is 15.2. The fraction of sp³-hybridized carbons (Fsp3) is 0.438. The summed E-state index contributed by atoms with van der Waals surface area (Å²) in [6, 6.07) is 3.83. The third kappa shape index (κ3) is 3.68. The second-order valence-corrected chi connectivity index (χ2v) is 5.34. The van der Waals surface area contributed by atoms with E-state index in [1.807, 2.05) is 44.6 Å². The summed E-state index contributed by atoms with van der Waals surface area (Å²) in [5, 5.41) is 7.39.